The van der Waals surface area contributed by atoms with Gasteiger partial charge >= 0.3 is 0 Å². The fourth-order valence-corrected chi connectivity index (χ4v) is 2.90. The summed E-state index contributed by atoms with van der Waals surface area (Å²) >= 11 is 0. The number of phenols is 4. The van der Waals surface area contributed by atoms with Crippen molar-refractivity contribution in [2.45, 2.75) is 78.6 Å². The van der Waals surface area contributed by atoms with Crippen LogP contribution in [0.15, 0.2) is 30.3 Å². The molecular formula is C24H36O4. The first-order valence-electron chi connectivity index (χ1n) is 9.85. The quantitative estimate of drug-likeness (QED) is 0.477. The van der Waals surface area contributed by atoms with Gasteiger partial charge in [-0.05, 0) is 59.6 Å². The summed E-state index contributed by atoms with van der Waals surface area (Å²) in [7, 11) is 0. The zero-order valence-electron chi connectivity index (χ0n) is 18.3. The molecule has 4 heteroatoms. The average molecular weight is 389 g/mol. The van der Waals surface area contributed by atoms with Gasteiger partial charge in [0.25, 0.3) is 0 Å². The van der Waals surface area contributed by atoms with E-state index in [0.717, 1.165) is 36.0 Å². The van der Waals surface area contributed by atoms with E-state index in [1.54, 1.807) is 18.2 Å². The summed E-state index contributed by atoms with van der Waals surface area (Å²) in [5.74, 6) is 1.02. The molecule has 4 N–H and O–H groups in total. The Morgan fingerprint density at radius 3 is 1.64 bits per heavy atom. The molecular weight excluding hydrogens is 352 g/mol. The van der Waals surface area contributed by atoms with E-state index < -0.39 is 0 Å². The molecule has 0 radical (unpaired) electrons. The topological polar surface area (TPSA) is 80.9 Å². The summed E-state index contributed by atoms with van der Waals surface area (Å²) in [5.41, 5.74) is 2.05. The van der Waals surface area contributed by atoms with Crippen LogP contribution < -0.4 is 0 Å². The number of hydrogen-bond donors (Lipinski definition) is 4. The molecule has 0 unspecified atom stereocenters. The van der Waals surface area contributed by atoms with Crippen LogP contribution in [-0.2, 0) is 17.3 Å². The molecule has 0 aliphatic carbocycles. The first kappa shape index (κ1) is 23.7. The summed E-state index contributed by atoms with van der Waals surface area (Å²) in [6.07, 6.45) is 2.96. The number of hydrogen-bond acceptors (Lipinski definition) is 4. The van der Waals surface area contributed by atoms with Gasteiger partial charge in [0.15, 0.2) is 0 Å². The van der Waals surface area contributed by atoms with E-state index in [-0.39, 0.29) is 28.1 Å². The van der Waals surface area contributed by atoms with E-state index in [0.29, 0.717) is 5.75 Å². The Kier molecular flexibility index (Phi) is 7.80. The van der Waals surface area contributed by atoms with Crippen LogP contribution in [0.3, 0.4) is 0 Å². The lowest BCUT2D eigenvalue weighted by atomic mass is 9.79. The van der Waals surface area contributed by atoms with Crippen LogP contribution in [0.25, 0.3) is 0 Å². The smallest absolute Gasteiger partial charge is 0.123 e. The normalized spacial score (nSPS) is 11.7. The molecule has 0 aliphatic rings. The maximum absolute atomic E-state index is 10.3. The van der Waals surface area contributed by atoms with Crippen molar-refractivity contribution in [1.82, 2.24) is 0 Å². The number of benzene rings is 2. The van der Waals surface area contributed by atoms with Gasteiger partial charge in [-0.1, -0.05) is 54.9 Å². The van der Waals surface area contributed by atoms with Gasteiger partial charge in [-0.2, -0.15) is 0 Å². The molecule has 0 bridgehead atoms. The molecule has 0 saturated heterocycles. The number of rotatable bonds is 3. The highest BCUT2D eigenvalue weighted by Crippen LogP contribution is 2.41. The second-order valence-corrected chi connectivity index (χ2v) is 9.31. The molecule has 0 amide bonds. The van der Waals surface area contributed by atoms with Gasteiger partial charge in [0.05, 0.1) is 0 Å². The Bertz CT molecular complexity index is 745. The largest absolute Gasteiger partial charge is 0.508 e. The van der Waals surface area contributed by atoms with Crippen LogP contribution in [-0.4, -0.2) is 20.4 Å². The van der Waals surface area contributed by atoms with Crippen LogP contribution in [0.5, 0.6) is 23.0 Å². The fourth-order valence-electron chi connectivity index (χ4n) is 2.90. The minimum absolute atomic E-state index is 0.178. The standard InChI is InChI=1S/C14H22O2.C10H14O2/c1-13(2,3)10-7-9(15)8-11(12(10)16)14(4,5)6;1-2-3-4-8-7-9(11)5-6-10(8)12/h7-8,15-16H,1-6H3;5-7,11-12H,2-4H2,1H3. The Hall–Kier alpha value is -2.36. The minimum Gasteiger partial charge on any atom is -0.508 e. The number of unbranched alkanes of at least 4 members (excludes halogenated alkanes) is 1. The van der Waals surface area contributed by atoms with Gasteiger partial charge in [-0.15, -0.1) is 0 Å². The van der Waals surface area contributed by atoms with E-state index in [1.165, 1.54) is 12.1 Å². The van der Waals surface area contributed by atoms with Crippen LogP contribution >= 0.6 is 0 Å². The lowest BCUT2D eigenvalue weighted by Crippen LogP contribution is -2.16. The molecule has 0 spiro atoms. The van der Waals surface area contributed by atoms with E-state index >= 15 is 0 Å². The van der Waals surface area contributed by atoms with Crippen molar-refractivity contribution in [2.75, 3.05) is 0 Å². The van der Waals surface area contributed by atoms with Crippen molar-refractivity contribution in [2.24, 2.45) is 0 Å². The molecule has 0 heterocycles. The second kappa shape index (κ2) is 9.22. The molecule has 28 heavy (non-hydrogen) atoms. The zero-order chi connectivity index (χ0) is 21.7. The van der Waals surface area contributed by atoms with Crippen LogP contribution in [0.4, 0.5) is 0 Å². The third kappa shape index (κ3) is 6.66. The molecule has 156 valence electrons. The Morgan fingerprint density at radius 2 is 1.21 bits per heavy atom. The van der Waals surface area contributed by atoms with Crippen molar-refractivity contribution in [3.63, 3.8) is 0 Å². The predicted octanol–water partition coefficient (Wildman–Crippen LogP) is 6.13. The lowest BCUT2D eigenvalue weighted by molar-refractivity contribution is 0.413. The molecule has 0 saturated carbocycles. The highest BCUT2D eigenvalue weighted by atomic mass is 16.3. The van der Waals surface area contributed by atoms with Gasteiger partial charge in [-0.3, -0.25) is 0 Å². The summed E-state index contributed by atoms with van der Waals surface area (Å²) in [5, 5.41) is 38.5. The maximum atomic E-state index is 10.3. The molecule has 0 aliphatic heterocycles. The van der Waals surface area contributed by atoms with E-state index in [4.69, 9.17) is 5.11 Å². The maximum Gasteiger partial charge on any atom is 0.123 e. The SMILES string of the molecule is CC(C)(C)c1cc(O)cc(C(C)(C)C)c1O.CCCCc1cc(O)ccc1O. The van der Waals surface area contributed by atoms with Crippen molar-refractivity contribution in [1.29, 1.82) is 0 Å². The molecule has 2 rings (SSSR count). The van der Waals surface area contributed by atoms with E-state index in [9.17, 15) is 15.3 Å². The van der Waals surface area contributed by atoms with Crippen molar-refractivity contribution in [3.05, 3.63) is 47.0 Å². The molecule has 0 aromatic heterocycles. The highest BCUT2D eigenvalue weighted by Gasteiger charge is 2.26. The molecule has 4 nitrogen and oxygen atoms in total. The summed E-state index contributed by atoms with van der Waals surface area (Å²) in [4.78, 5) is 0. The van der Waals surface area contributed by atoms with Crippen LogP contribution in [0.2, 0.25) is 0 Å². The highest BCUT2D eigenvalue weighted by molar-refractivity contribution is 5.51. The molecule has 2 aromatic carbocycles. The van der Waals surface area contributed by atoms with Gasteiger partial charge in [-0.25, -0.2) is 0 Å². The summed E-state index contributed by atoms with van der Waals surface area (Å²) in [6, 6.07) is 7.92. The van der Waals surface area contributed by atoms with Gasteiger partial charge in [0.1, 0.15) is 23.0 Å². The molecule has 0 atom stereocenters. The molecule has 2 aromatic rings. The predicted molar refractivity (Wildman–Crippen MR) is 116 cm³/mol. The Balaban J connectivity index is 0.000000292. The number of phenolic OH excluding ortho intramolecular Hbond substituents is 4. The first-order valence-corrected chi connectivity index (χ1v) is 9.85. The van der Waals surface area contributed by atoms with Crippen LogP contribution in [0, 0.1) is 0 Å². The summed E-state index contributed by atoms with van der Waals surface area (Å²) in [6.45, 7) is 14.2. The fraction of sp³-hybridized carbons (Fsp3) is 0.500. The zero-order valence-corrected chi connectivity index (χ0v) is 18.3. The monoisotopic (exact) mass is 388 g/mol. The second-order valence-electron chi connectivity index (χ2n) is 9.31. The van der Waals surface area contributed by atoms with Gasteiger partial charge < -0.3 is 20.4 Å². The van der Waals surface area contributed by atoms with Gasteiger partial charge in [0, 0.05) is 11.1 Å². The van der Waals surface area contributed by atoms with Crippen molar-refractivity contribution >= 4 is 0 Å². The Labute approximate surface area is 169 Å². The summed E-state index contributed by atoms with van der Waals surface area (Å²) < 4.78 is 0. The minimum atomic E-state index is -0.178. The Morgan fingerprint density at radius 1 is 0.714 bits per heavy atom. The number of aryl methyl sites for hydroxylation is 1. The third-order valence-corrected chi connectivity index (χ3v) is 4.57. The first-order chi connectivity index (χ1) is 12.8. The lowest BCUT2D eigenvalue weighted by Gasteiger charge is -2.27. The van der Waals surface area contributed by atoms with E-state index in [2.05, 4.69) is 6.92 Å². The average Bonchev–Trinajstić information content (AvgIpc) is 2.56. The van der Waals surface area contributed by atoms with Gasteiger partial charge in [0.2, 0.25) is 0 Å². The van der Waals surface area contributed by atoms with Crippen molar-refractivity contribution in [3.8, 4) is 23.0 Å². The van der Waals surface area contributed by atoms with Crippen molar-refractivity contribution < 1.29 is 20.4 Å². The number of aromatic hydroxyl groups is 4. The molecule has 0 fully saturated rings. The third-order valence-electron chi connectivity index (χ3n) is 4.57. The van der Waals surface area contributed by atoms with E-state index in [1.807, 2.05) is 41.5 Å². The van der Waals surface area contributed by atoms with Crippen LogP contribution in [0.1, 0.15) is 78.0 Å².